The summed E-state index contributed by atoms with van der Waals surface area (Å²) in [4.78, 5) is 23.7. The zero-order valence-corrected chi connectivity index (χ0v) is 19.3. The molecule has 0 aromatic heterocycles. The van der Waals surface area contributed by atoms with Crippen molar-refractivity contribution in [3.8, 4) is 0 Å². The molecule has 0 saturated carbocycles. The van der Waals surface area contributed by atoms with Gasteiger partial charge in [-0.25, -0.2) is 0 Å². The average molecular weight is 409 g/mol. The monoisotopic (exact) mass is 408 g/mol. The highest BCUT2D eigenvalue weighted by Gasteiger charge is 2.30. The van der Waals surface area contributed by atoms with Gasteiger partial charge >= 0.3 is 0 Å². The lowest BCUT2D eigenvalue weighted by Gasteiger charge is -2.29. The Kier molecular flexibility index (Phi) is 10.8. The molecule has 0 aromatic rings. The van der Waals surface area contributed by atoms with Gasteiger partial charge in [0.25, 0.3) is 0 Å². The lowest BCUT2D eigenvalue weighted by atomic mass is 9.99. The number of amides is 1. The average Bonchev–Trinajstić information content (AvgIpc) is 3.17. The molecule has 7 heteroatoms. The molecule has 2 heterocycles. The van der Waals surface area contributed by atoms with Crippen molar-refractivity contribution in [2.24, 2.45) is 10.9 Å². The van der Waals surface area contributed by atoms with E-state index < -0.39 is 0 Å². The number of hydrogen-bond donors (Lipinski definition) is 2. The summed E-state index contributed by atoms with van der Waals surface area (Å²) in [6.07, 6.45) is 6.93. The van der Waals surface area contributed by atoms with Crippen LogP contribution >= 0.6 is 0 Å². The second-order valence-corrected chi connectivity index (χ2v) is 8.85. The highest BCUT2D eigenvalue weighted by Crippen LogP contribution is 2.18. The molecule has 7 nitrogen and oxygen atoms in total. The third kappa shape index (κ3) is 8.51. The fraction of sp³-hybridized carbons (Fsp3) is 0.909. The van der Waals surface area contributed by atoms with Crippen LogP contribution in [0, 0.1) is 5.92 Å². The first-order valence-electron chi connectivity index (χ1n) is 11.7. The molecule has 0 bridgehead atoms. The molecule has 0 aromatic carbocycles. The van der Waals surface area contributed by atoms with E-state index in [0.29, 0.717) is 0 Å². The van der Waals surface area contributed by atoms with Crippen molar-refractivity contribution < 1.29 is 4.79 Å². The van der Waals surface area contributed by atoms with E-state index in [1.165, 1.54) is 25.9 Å². The van der Waals surface area contributed by atoms with Crippen molar-refractivity contribution in [1.29, 1.82) is 0 Å². The Bertz CT molecular complexity index is 502. The van der Waals surface area contributed by atoms with Crippen LogP contribution in [0.2, 0.25) is 0 Å². The number of nitrogens with one attached hydrogen (secondary N) is 2. The Hall–Kier alpha value is -1.34. The van der Waals surface area contributed by atoms with Gasteiger partial charge in [-0.1, -0.05) is 6.92 Å². The number of guanidine groups is 1. The molecule has 1 atom stereocenters. The molecule has 0 radical (unpaired) electrons. The summed E-state index contributed by atoms with van der Waals surface area (Å²) in [5, 5.41) is 6.81. The molecular weight excluding hydrogens is 364 g/mol. The van der Waals surface area contributed by atoms with E-state index in [1.807, 2.05) is 14.1 Å². The summed E-state index contributed by atoms with van der Waals surface area (Å²) in [5.74, 6) is 2.06. The van der Waals surface area contributed by atoms with Gasteiger partial charge in [0.15, 0.2) is 5.96 Å². The minimum atomic E-state index is 0.0738. The van der Waals surface area contributed by atoms with Crippen molar-refractivity contribution in [2.45, 2.75) is 58.4 Å². The highest BCUT2D eigenvalue weighted by atomic mass is 16.2. The van der Waals surface area contributed by atoms with Crippen LogP contribution in [0.15, 0.2) is 4.99 Å². The summed E-state index contributed by atoms with van der Waals surface area (Å²) in [6.45, 7) is 12.7. The Labute approximate surface area is 178 Å². The van der Waals surface area contributed by atoms with Gasteiger partial charge in [0, 0.05) is 40.3 Å². The Balaban J connectivity index is 1.64. The molecule has 2 rings (SSSR count). The van der Waals surface area contributed by atoms with Crippen LogP contribution in [0.1, 0.15) is 52.4 Å². The Morgan fingerprint density at radius 1 is 1.07 bits per heavy atom. The van der Waals surface area contributed by atoms with Crippen molar-refractivity contribution >= 4 is 11.9 Å². The predicted octanol–water partition coefficient (Wildman–Crippen LogP) is 1.61. The maximum Gasteiger partial charge on any atom is 0.239 e. The lowest BCUT2D eigenvalue weighted by Crippen LogP contribution is -2.44. The SMILES string of the molecule is CCNC(=NCCCN1CCC(C)CC1)NCCCN1CCCC1C(=O)N(C)C. The van der Waals surface area contributed by atoms with E-state index in [4.69, 9.17) is 4.99 Å². The van der Waals surface area contributed by atoms with E-state index in [1.54, 1.807) is 4.90 Å². The second-order valence-electron chi connectivity index (χ2n) is 8.85. The molecule has 0 aliphatic carbocycles. The van der Waals surface area contributed by atoms with Crippen molar-refractivity contribution in [1.82, 2.24) is 25.3 Å². The predicted molar refractivity (Wildman–Crippen MR) is 121 cm³/mol. The maximum atomic E-state index is 12.3. The molecule has 168 valence electrons. The first-order chi connectivity index (χ1) is 14.0. The Morgan fingerprint density at radius 2 is 1.83 bits per heavy atom. The smallest absolute Gasteiger partial charge is 0.239 e. The molecule has 2 saturated heterocycles. The normalized spacial score (nSPS) is 22.1. The van der Waals surface area contributed by atoms with Crippen LogP contribution in [0.4, 0.5) is 0 Å². The molecule has 2 aliphatic rings. The van der Waals surface area contributed by atoms with E-state index >= 15 is 0 Å². The van der Waals surface area contributed by atoms with Gasteiger partial charge < -0.3 is 20.4 Å². The molecule has 2 aliphatic heterocycles. The van der Waals surface area contributed by atoms with Crippen molar-refractivity contribution in [2.75, 3.05) is 66.5 Å². The lowest BCUT2D eigenvalue weighted by molar-refractivity contribution is -0.133. The molecule has 0 spiro atoms. The van der Waals surface area contributed by atoms with Gasteiger partial charge in [-0.05, 0) is 77.5 Å². The third-order valence-electron chi connectivity index (χ3n) is 6.13. The number of piperidine rings is 1. The van der Waals surface area contributed by atoms with Crippen LogP contribution in [0.3, 0.4) is 0 Å². The molecular formula is C22H44N6O. The van der Waals surface area contributed by atoms with Crippen molar-refractivity contribution in [3.05, 3.63) is 0 Å². The number of likely N-dealkylation sites (tertiary alicyclic amines) is 2. The quantitative estimate of drug-likeness (QED) is 0.327. The highest BCUT2D eigenvalue weighted by molar-refractivity contribution is 5.81. The minimum Gasteiger partial charge on any atom is -0.357 e. The molecule has 1 unspecified atom stereocenters. The van der Waals surface area contributed by atoms with Crippen LogP contribution in [0.5, 0.6) is 0 Å². The zero-order chi connectivity index (χ0) is 21.1. The first-order valence-corrected chi connectivity index (χ1v) is 11.7. The standard InChI is InChI=1S/C22H44N6O/c1-5-23-22(24-12-7-14-27-17-10-19(2)11-18-27)25-13-8-16-28-15-6-9-20(28)21(29)26(3)4/h19-20H,5-18H2,1-4H3,(H2,23,24,25). The van der Waals surface area contributed by atoms with E-state index in [0.717, 1.165) is 76.8 Å². The van der Waals surface area contributed by atoms with Gasteiger partial charge in [0.1, 0.15) is 0 Å². The topological polar surface area (TPSA) is 63.2 Å². The molecule has 1 amide bonds. The van der Waals surface area contributed by atoms with Gasteiger partial charge in [-0.2, -0.15) is 0 Å². The summed E-state index contributed by atoms with van der Waals surface area (Å²) in [7, 11) is 3.71. The summed E-state index contributed by atoms with van der Waals surface area (Å²) < 4.78 is 0. The third-order valence-corrected chi connectivity index (χ3v) is 6.13. The number of nitrogens with zero attached hydrogens (tertiary/aromatic N) is 4. The van der Waals surface area contributed by atoms with Gasteiger partial charge in [-0.15, -0.1) is 0 Å². The molecule has 2 fully saturated rings. The molecule has 29 heavy (non-hydrogen) atoms. The summed E-state index contributed by atoms with van der Waals surface area (Å²) in [5.41, 5.74) is 0. The number of carbonyl (C=O) groups excluding carboxylic acids is 1. The number of hydrogen-bond acceptors (Lipinski definition) is 4. The fourth-order valence-corrected chi connectivity index (χ4v) is 4.27. The van der Waals surface area contributed by atoms with Crippen LogP contribution in [-0.4, -0.2) is 99.1 Å². The van der Waals surface area contributed by atoms with Crippen LogP contribution in [-0.2, 0) is 4.79 Å². The van der Waals surface area contributed by atoms with Crippen LogP contribution < -0.4 is 10.6 Å². The zero-order valence-electron chi connectivity index (χ0n) is 19.3. The van der Waals surface area contributed by atoms with Gasteiger partial charge in [0.05, 0.1) is 6.04 Å². The van der Waals surface area contributed by atoms with Crippen LogP contribution in [0.25, 0.3) is 0 Å². The van der Waals surface area contributed by atoms with Gasteiger partial charge in [-0.3, -0.25) is 14.7 Å². The van der Waals surface area contributed by atoms with Crippen molar-refractivity contribution in [3.63, 3.8) is 0 Å². The van der Waals surface area contributed by atoms with Gasteiger partial charge in [0.2, 0.25) is 5.91 Å². The van der Waals surface area contributed by atoms with E-state index in [9.17, 15) is 4.79 Å². The second kappa shape index (κ2) is 13.1. The number of rotatable bonds is 10. The summed E-state index contributed by atoms with van der Waals surface area (Å²) in [6, 6.07) is 0.0738. The van der Waals surface area contributed by atoms with E-state index in [-0.39, 0.29) is 11.9 Å². The number of likely N-dealkylation sites (N-methyl/N-ethyl adjacent to an activating group) is 1. The minimum absolute atomic E-state index is 0.0738. The first kappa shape index (κ1) is 23.9. The fourth-order valence-electron chi connectivity index (χ4n) is 4.27. The van der Waals surface area contributed by atoms with E-state index in [2.05, 4.69) is 34.3 Å². The Morgan fingerprint density at radius 3 is 2.52 bits per heavy atom. The largest absolute Gasteiger partial charge is 0.357 e. The molecule has 2 N–H and O–H groups in total. The number of aliphatic imine (C=N–C) groups is 1. The number of carbonyl (C=O) groups is 1. The summed E-state index contributed by atoms with van der Waals surface area (Å²) >= 11 is 0. The maximum absolute atomic E-state index is 12.3.